The summed E-state index contributed by atoms with van der Waals surface area (Å²) in [4.78, 5) is 0. The maximum absolute atomic E-state index is 6.73. The van der Waals surface area contributed by atoms with Crippen LogP contribution < -0.4 is 65.8 Å². The van der Waals surface area contributed by atoms with Crippen LogP contribution in [0.4, 0.5) is 0 Å². The van der Waals surface area contributed by atoms with E-state index >= 15 is 0 Å². The number of hydrogen-bond acceptors (Lipinski definition) is 1. The van der Waals surface area contributed by atoms with Crippen molar-refractivity contribution >= 4 is 46.4 Å². The second kappa shape index (κ2) is 17.1. The Morgan fingerprint density at radius 3 is 0.644 bits per heavy atom. The van der Waals surface area contributed by atoms with Gasteiger partial charge in [0.25, 0.3) is 0 Å². The minimum Gasteiger partial charge on any atom is -1.00 e. The fraction of sp³-hybridized carbons (Fsp3) is 0.100. The van der Waals surface area contributed by atoms with Gasteiger partial charge in [-0.15, -0.1) is 0 Å². The molecular weight excluding hydrogens is 718 g/mol. The highest BCUT2D eigenvalue weighted by atomic mass is 79.9. The molecule has 5 heteroatoms. The molecule has 0 heterocycles. The lowest BCUT2D eigenvalue weighted by Crippen LogP contribution is -3.00. The highest BCUT2D eigenvalue weighted by molar-refractivity contribution is 7.96. The van der Waals surface area contributed by atoms with Crippen molar-refractivity contribution in [3.63, 3.8) is 0 Å². The lowest BCUT2D eigenvalue weighted by molar-refractivity contribution is -0.00100. The summed E-state index contributed by atoms with van der Waals surface area (Å²) in [6.45, 7) is 1.40. The molecule has 0 radical (unpaired) electrons. The van der Waals surface area contributed by atoms with Crippen molar-refractivity contribution in [2.75, 3.05) is 25.5 Å². The average molecular weight is 756 g/mol. The first-order chi connectivity index (χ1) is 21.3. The Morgan fingerprint density at radius 1 is 0.289 bits per heavy atom. The first-order valence-corrected chi connectivity index (χ1v) is 19.0. The summed E-state index contributed by atoms with van der Waals surface area (Å²) in [5.41, 5.74) is 0. The molecule has 0 aliphatic rings. The van der Waals surface area contributed by atoms with Gasteiger partial charge in [-0.2, -0.15) is 0 Å². The summed E-state index contributed by atoms with van der Waals surface area (Å²) in [6.07, 6.45) is 1.91. The molecule has 0 aromatic heterocycles. The van der Waals surface area contributed by atoms with Crippen molar-refractivity contribution in [3.8, 4) is 0 Å². The molecule has 0 fully saturated rings. The van der Waals surface area contributed by atoms with Crippen LogP contribution in [-0.2, 0) is 4.74 Å². The van der Waals surface area contributed by atoms with Crippen LogP contribution in [0.3, 0.4) is 0 Å². The van der Waals surface area contributed by atoms with Gasteiger partial charge < -0.3 is 38.7 Å². The Labute approximate surface area is 290 Å². The normalized spacial score (nSPS) is 11.2. The first kappa shape index (κ1) is 35.0. The van der Waals surface area contributed by atoms with E-state index in [4.69, 9.17) is 4.74 Å². The summed E-state index contributed by atoms with van der Waals surface area (Å²) in [5, 5.41) is 8.39. The molecule has 0 N–H and O–H groups in total. The van der Waals surface area contributed by atoms with Crippen LogP contribution in [-0.4, -0.2) is 25.5 Å². The smallest absolute Gasteiger partial charge is 0.114 e. The van der Waals surface area contributed by atoms with Gasteiger partial charge in [-0.1, -0.05) is 109 Å². The van der Waals surface area contributed by atoms with Gasteiger partial charge in [0.15, 0.2) is 0 Å². The third-order valence-corrected chi connectivity index (χ3v) is 17.1. The molecule has 0 unspecified atom stereocenters. The number of halogens is 2. The summed E-state index contributed by atoms with van der Waals surface area (Å²) in [6, 6.07) is 66.5. The summed E-state index contributed by atoms with van der Waals surface area (Å²) in [7, 11) is -3.85. The highest BCUT2D eigenvalue weighted by Crippen LogP contribution is 2.56. The first-order valence-electron chi connectivity index (χ1n) is 15.0. The topological polar surface area (TPSA) is 9.23 Å². The monoisotopic (exact) mass is 754 g/mol. The van der Waals surface area contributed by atoms with Gasteiger partial charge in [-0.05, 0) is 72.8 Å². The zero-order chi connectivity index (χ0) is 29.2. The van der Waals surface area contributed by atoms with E-state index in [1.807, 2.05) is 0 Å². The van der Waals surface area contributed by atoms with Crippen molar-refractivity contribution in [2.24, 2.45) is 0 Å². The molecule has 6 rings (SSSR count). The zero-order valence-corrected chi connectivity index (χ0v) is 30.2. The Hall–Kier alpha value is -2.90. The van der Waals surface area contributed by atoms with Gasteiger partial charge in [0.05, 0.1) is 25.5 Å². The number of hydrogen-bond donors (Lipinski definition) is 0. The molecule has 1 nitrogen and oxygen atoms in total. The van der Waals surface area contributed by atoms with Crippen LogP contribution in [0, 0.1) is 0 Å². The Morgan fingerprint density at radius 2 is 0.467 bits per heavy atom. The van der Waals surface area contributed by atoms with Crippen LogP contribution in [0.2, 0.25) is 0 Å². The number of rotatable bonds is 12. The minimum atomic E-state index is -1.92. The van der Waals surface area contributed by atoms with Crippen molar-refractivity contribution in [2.45, 2.75) is 0 Å². The lowest BCUT2D eigenvalue weighted by atomic mass is 10.4. The molecule has 45 heavy (non-hydrogen) atoms. The average Bonchev–Trinajstić information content (AvgIpc) is 3.11. The second-order valence-corrected chi connectivity index (χ2v) is 17.9. The van der Waals surface area contributed by atoms with E-state index < -0.39 is 14.5 Å². The van der Waals surface area contributed by atoms with Gasteiger partial charge in [0.1, 0.15) is 46.4 Å². The number of benzene rings is 6. The predicted octanol–water partition coefficient (Wildman–Crippen LogP) is 0.999. The van der Waals surface area contributed by atoms with E-state index in [1.165, 1.54) is 31.8 Å². The molecule has 0 saturated carbocycles. The van der Waals surface area contributed by atoms with E-state index in [0.29, 0.717) is 13.2 Å². The van der Waals surface area contributed by atoms with E-state index in [2.05, 4.69) is 182 Å². The Kier molecular flexibility index (Phi) is 13.3. The second-order valence-electron chi connectivity index (χ2n) is 10.7. The van der Waals surface area contributed by atoms with Crippen molar-refractivity contribution in [3.05, 3.63) is 182 Å². The molecule has 0 aliphatic carbocycles. The van der Waals surface area contributed by atoms with E-state index in [9.17, 15) is 0 Å². The molecule has 0 saturated heterocycles. The lowest BCUT2D eigenvalue weighted by Gasteiger charge is -2.29. The van der Waals surface area contributed by atoms with Crippen LogP contribution in [0.15, 0.2) is 182 Å². The molecule has 6 aromatic rings. The summed E-state index contributed by atoms with van der Waals surface area (Å²) in [5.74, 6) is 0. The standard InChI is InChI=1S/C40H38OP2.2BrH/c1-7-19-35(20-8-1)42(36-21-9-2-10-22-36,37-23-11-3-12-24-37)33-31-41-32-34-43(38-25-13-4-14-26-38,39-27-15-5-16-28-39)40-29-17-6-18-30-40;;/h1-30H,31-34H2;2*1H/q+2;;/p-2. The molecule has 0 spiro atoms. The molecule has 0 bridgehead atoms. The maximum atomic E-state index is 6.73. The Bertz CT molecular complexity index is 1350. The third kappa shape index (κ3) is 7.57. The SMILES string of the molecule is [Br-].[Br-].c1ccc([P+](CCOCC[P+](c2ccccc2)(c2ccccc2)c2ccccc2)(c2ccccc2)c2ccccc2)cc1. The van der Waals surface area contributed by atoms with E-state index in [-0.39, 0.29) is 34.0 Å². The number of ether oxygens (including phenoxy) is 1. The Balaban J connectivity index is 0.00000230. The zero-order valence-electron chi connectivity index (χ0n) is 25.2. The molecule has 6 aromatic carbocycles. The quantitative estimate of drug-likeness (QED) is 0.134. The molecule has 0 atom stereocenters. The summed E-state index contributed by atoms with van der Waals surface area (Å²) >= 11 is 0. The van der Waals surface area contributed by atoms with Crippen molar-refractivity contribution < 1.29 is 38.7 Å². The fourth-order valence-electron chi connectivity index (χ4n) is 6.27. The minimum absolute atomic E-state index is 0. The van der Waals surface area contributed by atoms with E-state index in [0.717, 1.165) is 12.3 Å². The van der Waals surface area contributed by atoms with Gasteiger partial charge in [0.2, 0.25) is 0 Å². The predicted molar refractivity (Wildman–Crippen MR) is 191 cm³/mol. The van der Waals surface area contributed by atoms with Crippen LogP contribution in [0.1, 0.15) is 0 Å². The largest absolute Gasteiger partial charge is 1.00 e. The van der Waals surface area contributed by atoms with Gasteiger partial charge in [0, 0.05) is 0 Å². The fourth-order valence-corrected chi connectivity index (χ4v) is 14.5. The third-order valence-electron chi connectivity index (χ3n) is 8.32. The van der Waals surface area contributed by atoms with Gasteiger partial charge >= 0.3 is 0 Å². The molecule has 0 aliphatic heterocycles. The van der Waals surface area contributed by atoms with Gasteiger partial charge in [-0.25, -0.2) is 0 Å². The van der Waals surface area contributed by atoms with Crippen LogP contribution in [0.5, 0.6) is 0 Å². The van der Waals surface area contributed by atoms with Crippen molar-refractivity contribution in [1.29, 1.82) is 0 Å². The summed E-state index contributed by atoms with van der Waals surface area (Å²) < 4.78 is 6.73. The van der Waals surface area contributed by atoms with Crippen LogP contribution >= 0.6 is 14.5 Å². The van der Waals surface area contributed by atoms with Gasteiger partial charge in [-0.3, -0.25) is 0 Å². The molecule has 0 amide bonds. The van der Waals surface area contributed by atoms with Crippen molar-refractivity contribution in [1.82, 2.24) is 0 Å². The maximum Gasteiger partial charge on any atom is 0.114 e. The van der Waals surface area contributed by atoms with Crippen LogP contribution in [0.25, 0.3) is 0 Å². The highest BCUT2D eigenvalue weighted by Gasteiger charge is 2.46. The molecule has 228 valence electrons. The van der Waals surface area contributed by atoms with E-state index in [1.54, 1.807) is 0 Å². The molecular formula is C40H38Br2OP2.